The third kappa shape index (κ3) is 2.95. The average molecular weight is 296 g/mol. The molecular formula is C19H20O3. The summed E-state index contributed by atoms with van der Waals surface area (Å²) in [6, 6.07) is 18.2. The fraction of sp³-hybridized carbons (Fsp3) is 0.211. The Hall–Kier alpha value is -2.39. The standard InChI is InChI=1S/C19H20O3/c1-3-17(15-11-7-5-8-12-15)19(21,18(20)22-4-2)16-13-9-6-10-14-16/h3,5-14,17,21H,1,4H2,2H3/t17-,19-/m1/s1. The van der Waals surface area contributed by atoms with E-state index in [0.29, 0.717) is 5.56 Å². The van der Waals surface area contributed by atoms with Gasteiger partial charge in [-0.2, -0.15) is 0 Å². The van der Waals surface area contributed by atoms with Crippen LogP contribution in [-0.2, 0) is 15.1 Å². The molecule has 0 aliphatic rings. The molecule has 0 aliphatic heterocycles. The molecule has 2 atom stereocenters. The van der Waals surface area contributed by atoms with Gasteiger partial charge in [0.25, 0.3) is 0 Å². The molecule has 1 N–H and O–H groups in total. The molecule has 0 saturated carbocycles. The smallest absolute Gasteiger partial charge is 0.343 e. The lowest BCUT2D eigenvalue weighted by Crippen LogP contribution is -2.42. The SMILES string of the molecule is C=C[C@H](c1ccccc1)[C@@](O)(C(=O)OCC)c1ccccc1. The first-order valence-electron chi connectivity index (χ1n) is 7.27. The zero-order valence-electron chi connectivity index (χ0n) is 12.6. The number of benzene rings is 2. The lowest BCUT2D eigenvalue weighted by atomic mass is 9.77. The monoisotopic (exact) mass is 296 g/mol. The first-order valence-corrected chi connectivity index (χ1v) is 7.27. The topological polar surface area (TPSA) is 46.5 Å². The molecule has 2 rings (SSSR count). The van der Waals surface area contributed by atoms with Crippen LogP contribution in [0.5, 0.6) is 0 Å². The molecular weight excluding hydrogens is 276 g/mol. The van der Waals surface area contributed by atoms with Crippen LogP contribution in [0, 0.1) is 0 Å². The first-order chi connectivity index (χ1) is 10.6. The van der Waals surface area contributed by atoms with Gasteiger partial charge in [-0.25, -0.2) is 4.79 Å². The molecule has 2 aromatic carbocycles. The maximum atomic E-state index is 12.5. The van der Waals surface area contributed by atoms with Crippen LogP contribution in [0.2, 0.25) is 0 Å². The van der Waals surface area contributed by atoms with E-state index in [1.54, 1.807) is 37.3 Å². The van der Waals surface area contributed by atoms with Gasteiger partial charge in [0.1, 0.15) is 0 Å². The highest BCUT2D eigenvalue weighted by Gasteiger charge is 2.46. The normalized spacial score (nSPS) is 14.6. The van der Waals surface area contributed by atoms with Crippen LogP contribution < -0.4 is 0 Å². The molecule has 0 bridgehead atoms. The predicted molar refractivity (Wildman–Crippen MR) is 86.4 cm³/mol. The summed E-state index contributed by atoms with van der Waals surface area (Å²) in [7, 11) is 0. The molecule has 0 amide bonds. The summed E-state index contributed by atoms with van der Waals surface area (Å²) in [5, 5.41) is 11.2. The number of carbonyl (C=O) groups excluding carboxylic acids is 1. The minimum Gasteiger partial charge on any atom is -0.464 e. The maximum Gasteiger partial charge on any atom is 0.343 e. The number of hydrogen-bond acceptors (Lipinski definition) is 3. The molecule has 0 fully saturated rings. The zero-order valence-corrected chi connectivity index (χ0v) is 12.6. The molecule has 0 unspecified atom stereocenters. The minimum absolute atomic E-state index is 0.201. The molecule has 0 aliphatic carbocycles. The van der Waals surface area contributed by atoms with E-state index in [9.17, 15) is 9.90 Å². The van der Waals surface area contributed by atoms with Crippen molar-refractivity contribution in [1.82, 2.24) is 0 Å². The molecule has 22 heavy (non-hydrogen) atoms. The average Bonchev–Trinajstić information content (AvgIpc) is 2.57. The lowest BCUT2D eigenvalue weighted by molar-refractivity contribution is -0.167. The molecule has 3 heteroatoms. The largest absolute Gasteiger partial charge is 0.464 e. The van der Waals surface area contributed by atoms with Crippen molar-refractivity contribution in [3.8, 4) is 0 Å². The molecule has 0 spiro atoms. The highest BCUT2D eigenvalue weighted by atomic mass is 16.5. The third-order valence-corrected chi connectivity index (χ3v) is 3.65. The number of esters is 1. The van der Waals surface area contributed by atoms with E-state index < -0.39 is 17.5 Å². The second-order valence-corrected chi connectivity index (χ2v) is 4.98. The van der Waals surface area contributed by atoms with Crippen molar-refractivity contribution in [3.63, 3.8) is 0 Å². The number of ether oxygens (including phenoxy) is 1. The molecule has 2 aromatic rings. The van der Waals surface area contributed by atoms with E-state index >= 15 is 0 Å². The van der Waals surface area contributed by atoms with Gasteiger partial charge in [0, 0.05) is 5.92 Å². The Morgan fingerprint density at radius 1 is 1.18 bits per heavy atom. The fourth-order valence-corrected chi connectivity index (χ4v) is 2.57. The second-order valence-electron chi connectivity index (χ2n) is 4.98. The van der Waals surface area contributed by atoms with Gasteiger partial charge in [-0.1, -0.05) is 66.7 Å². The Balaban J connectivity index is 2.57. The van der Waals surface area contributed by atoms with E-state index in [-0.39, 0.29) is 6.61 Å². The van der Waals surface area contributed by atoms with Gasteiger partial charge in [-0.05, 0) is 18.1 Å². The second kappa shape index (κ2) is 7.05. The van der Waals surface area contributed by atoms with Crippen LogP contribution in [-0.4, -0.2) is 17.7 Å². The quantitative estimate of drug-likeness (QED) is 0.656. The summed E-state index contributed by atoms with van der Waals surface area (Å²) in [6.07, 6.45) is 1.58. The fourth-order valence-electron chi connectivity index (χ4n) is 2.57. The Bertz CT molecular complexity index is 622. The minimum atomic E-state index is -1.81. The lowest BCUT2D eigenvalue weighted by Gasteiger charge is -2.33. The van der Waals surface area contributed by atoms with E-state index in [2.05, 4.69) is 6.58 Å². The van der Waals surface area contributed by atoms with Crippen molar-refractivity contribution in [1.29, 1.82) is 0 Å². The molecule has 0 radical (unpaired) electrons. The Kier molecular flexibility index (Phi) is 5.12. The van der Waals surface area contributed by atoms with Crippen LogP contribution >= 0.6 is 0 Å². The van der Waals surface area contributed by atoms with Gasteiger partial charge < -0.3 is 9.84 Å². The summed E-state index contributed by atoms with van der Waals surface area (Å²) in [5.41, 5.74) is -0.514. The first kappa shape index (κ1) is 16.0. The van der Waals surface area contributed by atoms with Gasteiger partial charge in [-0.3, -0.25) is 0 Å². The summed E-state index contributed by atoms with van der Waals surface area (Å²) in [6.45, 7) is 5.72. The van der Waals surface area contributed by atoms with Crippen LogP contribution in [0.1, 0.15) is 24.0 Å². The van der Waals surface area contributed by atoms with E-state index in [4.69, 9.17) is 4.74 Å². The van der Waals surface area contributed by atoms with E-state index in [1.165, 1.54) is 0 Å². The highest BCUT2D eigenvalue weighted by molar-refractivity contribution is 5.83. The van der Waals surface area contributed by atoms with Crippen molar-refractivity contribution in [2.75, 3.05) is 6.61 Å². The van der Waals surface area contributed by atoms with Gasteiger partial charge >= 0.3 is 5.97 Å². The molecule has 0 aromatic heterocycles. The Labute approximate surface area is 130 Å². The summed E-state index contributed by atoms with van der Waals surface area (Å²) in [4.78, 5) is 12.5. The molecule has 114 valence electrons. The van der Waals surface area contributed by atoms with Gasteiger partial charge in [0.2, 0.25) is 0 Å². The number of carbonyl (C=O) groups is 1. The molecule has 0 saturated heterocycles. The number of rotatable bonds is 6. The van der Waals surface area contributed by atoms with Crippen LogP contribution in [0.3, 0.4) is 0 Å². The molecule has 0 heterocycles. The van der Waals surface area contributed by atoms with Crippen LogP contribution in [0.15, 0.2) is 73.3 Å². The number of aliphatic hydroxyl groups is 1. The highest BCUT2D eigenvalue weighted by Crippen LogP contribution is 2.39. The van der Waals surface area contributed by atoms with Crippen molar-refractivity contribution in [2.24, 2.45) is 0 Å². The summed E-state index contributed by atoms with van der Waals surface area (Å²) < 4.78 is 5.13. The van der Waals surface area contributed by atoms with Crippen LogP contribution in [0.4, 0.5) is 0 Å². The van der Waals surface area contributed by atoms with Crippen molar-refractivity contribution in [3.05, 3.63) is 84.4 Å². The Morgan fingerprint density at radius 2 is 1.73 bits per heavy atom. The number of hydrogen-bond donors (Lipinski definition) is 1. The van der Waals surface area contributed by atoms with Crippen LogP contribution in [0.25, 0.3) is 0 Å². The Morgan fingerprint density at radius 3 is 2.23 bits per heavy atom. The van der Waals surface area contributed by atoms with Gasteiger partial charge in [0.05, 0.1) is 6.61 Å². The van der Waals surface area contributed by atoms with E-state index in [0.717, 1.165) is 5.56 Å². The predicted octanol–water partition coefficient (Wildman–Crippen LogP) is 3.41. The van der Waals surface area contributed by atoms with Gasteiger partial charge in [0.15, 0.2) is 5.60 Å². The zero-order chi connectivity index (χ0) is 16.0. The molecule has 3 nitrogen and oxygen atoms in total. The maximum absolute atomic E-state index is 12.5. The van der Waals surface area contributed by atoms with E-state index in [1.807, 2.05) is 36.4 Å². The van der Waals surface area contributed by atoms with Gasteiger partial charge in [-0.15, -0.1) is 6.58 Å². The summed E-state index contributed by atoms with van der Waals surface area (Å²) in [5.74, 6) is -1.27. The van der Waals surface area contributed by atoms with Crippen molar-refractivity contribution < 1.29 is 14.6 Å². The van der Waals surface area contributed by atoms with Crippen molar-refractivity contribution >= 4 is 5.97 Å². The third-order valence-electron chi connectivity index (χ3n) is 3.65. The van der Waals surface area contributed by atoms with Crippen molar-refractivity contribution in [2.45, 2.75) is 18.4 Å². The summed E-state index contributed by atoms with van der Waals surface area (Å²) >= 11 is 0.